The lowest BCUT2D eigenvalue weighted by molar-refractivity contribution is -0.124. The molecule has 0 aromatic carbocycles. The van der Waals surface area contributed by atoms with Crippen molar-refractivity contribution in [1.29, 1.82) is 0 Å². The van der Waals surface area contributed by atoms with Gasteiger partial charge >= 0.3 is 0 Å². The van der Waals surface area contributed by atoms with E-state index in [1.54, 1.807) is 0 Å². The Labute approximate surface area is 158 Å². The molecule has 3 aliphatic rings. The van der Waals surface area contributed by atoms with Gasteiger partial charge in [-0.05, 0) is 69.7 Å². The van der Waals surface area contributed by atoms with E-state index in [1.165, 1.54) is 23.5 Å². The van der Waals surface area contributed by atoms with Gasteiger partial charge in [-0.25, -0.2) is 4.98 Å². The molecule has 2 N–H and O–H groups in total. The number of amides is 1. The summed E-state index contributed by atoms with van der Waals surface area (Å²) in [5, 5.41) is 6.62. The van der Waals surface area contributed by atoms with Crippen LogP contribution in [0.3, 0.4) is 0 Å². The largest absolute Gasteiger partial charge is 0.344 e. The molecule has 3 atom stereocenters. The van der Waals surface area contributed by atoms with Gasteiger partial charge < -0.3 is 15.0 Å². The number of hydrogen-bond acceptors (Lipinski definition) is 4. The maximum absolute atomic E-state index is 12.7. The summed E-state index contributed by atoms with van der Waals surface area (Å²) in [6.07, 6.45) is 6.76. The summed E-state index contributed by atoms with van der Waals surface area (Å²) in [4.78, 5) is 18.7. The van der Waals surface area contributed by atoms with Gasteiger partial charge in [-0.1, -0.05) is 0 Å². The molecule has 26 heavy (non-hydrogen) atoms. The molecule has 1 unspecified atom stereocenters. The summed E-state index contributed by atoms with van der Waals surface area (Å²) in [6.45, 7) is 6.08. The number of piperidine rings is 1. The minimum Gasteiger partial charge on any atom is -0.344 e. The van der Waals surface area contributed by atoms with Crippen LogP contribution in [0.1, 0.15) is 32.5 Å². The Bertz CT molecular complexity index is 847. The number of carbonyl (C=O) groups excluding carboxylic acids is 1. The molecule has 0 bridgehead atoms. The Kier molecular flexibility index (Phi) is 3.83. The van der Waals surface area contributed by atoms with Crippen LogP contribution in [0.25, 0.3) is 5.52 Å². The van der Waals surface area contributed by atoms with E-state index >= 15 is 0 Å². The molecule has 138 valence electrons. The van der Waals surface area contributed by atoms with Crippen molar-refractivity contribution in [3.63, 3.8) is 0 Å². The van der Waals surface area contributed by atoms with Crippen molar-refractivity contribution < 1.29 is 4.79 Å². The van der Waals surface area contributed by atoms with Gasteiger partial charge in [0.25, 0.3) is 0 Å². The second-order valence-corrected chi connectivity index (χ2v) is 9.65. The van der Waals surface area contributed by atoms with Gasteiger partial charge in [-0.2, -0.15) is 0 Å². The molecule has 1 amide bonds. The second kappa shape index (κ2) is 5.99. The van der Waals surface area contributed by atoms with Crippen LogP contribution in [0.15, 0.2) is 29.4 Å². The SMILES string of the molecule is CC(C)(NC(=O)[C@H]1C2CNC[C@@H]21)c1ncc2c(SCC3CC3)cccn12. The van der Waals surface area contributed by atoms with Crippen LogP contribution in [0.4, 0.5) is 0 Å². The fourth-order valence-electron chi connectivity index (χ4n) is 4.33. The van der Waals surface area contributed by atoms with E-state index in [-0.39, 0.29) is 11.8 Å². The van der Waals surface area contributed by atoms with Crippen LogP contribution in [0, 0.1) is 23.7 Å². The standard InChI is InChI=1S/C20H26N4OS/c1-20(2,23-18(25)17-13-8-21-9-14(13)17)19-22-10-15-16(4-3-7-24(15)19)26-11-12-5-6-12/h3-4,7,10,12-14,17,21H,5-6,8-9,11H2,1-2H3,(H,23,25)/t13-,14?,17+/m0/s1. The second-order valence-electron chi connectivity index (χ2n) is 8.59. The minimum atomic E-state index is -0.492. The zero-order valence-corrected chi connectivity index (χ0v) is 16.2. The lowest BCUT2D eigenvalue weighted by atomic mass is 10.0. The summed E-state index contributed by atoms with van der Waals surface area (Å²) in [5.74, 6) is 4.43. The van der Waals surface area contributed by atoms with Crippen molar-refractivity contribution in [1.82, 2.24) is 20.0 Å². The van der Waals surface area contributed by atoms with Gasteiger partial charge in [0, 0.05) is 22.8 Å². The van der Waals surface area contributed by atoms with Crippen LogP contribution < -0.4 is 10.6 Å². The number of thioether (sulfide) groups is 1. The fourth-order valence-corrected chi connectivity index (χ4v) is 5.55. The zero-order chi connectivity index (χ0) is 17.9. The van der Waals surface area contributed by atoms with Crippen molar-refractivity contribution in [2.24, 2.45) is 23.7 Å². The maximum atomic E-state index is 12.7. The van der Waals surface area contributed by atoms with Gasteiger partial charge in [-0.3, -0.25) is 4.79 Å². The molecular weight excluding hydrogens is 344 g/mol. The predicted octanol–water partition coefficient (Wildman–Crippen LogP) is 2.65. The molecule has 1 saturated heterocycles. The highest BCUT2D eigenvalue weighted by Crippen LogP contribution is 2.49. The molecule has 2 aromatic rings. The average molecular weight is 371 g/mol. The highest BCUT2D eigenvalue weighted by molar-refractivity contribution is 7.99. The molecule has 2 aromatic heterocycles. The maximum Gasteiger partial charge on any atom is 0.224 e. The van der Waals surface area contributed by atoms with Crippen molar-refractivity contribution in [2.75, 3.05) is 18.8 Å². The highest BCUT2D eigenvalue weighted by Gasteiger charge is 2.57. The molecule has 3 heterocycles. The van der Waals surface area contributed by atoms with Crippen molar-refractivity contribution in [3.8, 4) is 0 Å². The number of fused-ring (bicyclic) bond motifs is 2. The fraction of sp³-hybridized carbons (Fsp3) is 0.600. The summed E-state index contributed by atoms with van der Waals surface area (Å²) in [7, 11) is 0. The van der Waals surface area contributed by atoms with E-state index < -0.39 is 5.54 Å². The first-order valence-corrected chi connectivity index (χ1v) is 10.7. The number of rotatable bonds is 6. The van der Waals surface area contributed by atoms with E-state index in [1.807, 2.05) is 18.0 Å². The Morgan fingerprint density at radius 1 is 1.38 bits per heavy atom. The first-order valence-electron chi connectivity index (χ1n) is 9.67. The summed E-state index contributed by atoms with van der Waals surface area (Å²) < 4.78 is 2.14. The van der Waals surface area contributed by atoms with Crippen molar-refractivity contribution >= 4 is 23.2 Å². The van der Waals surface area contributed by atoms with E-state index in [9.17, 15) is 4.79 Å². The molecule has 0 radical (unpaired) electrons. The topological polar surface area (TPSA) is 58.4 Å². The molecule has 5 rings (SSSR count). The first kappa shape index (κ1) is 16.6. The highest BCUT2D eigenvalue weighted by atomic mass is 32.2. The van der Waals surface area contributed by atoms with Crippen LogP contribution >= 0.6 is 11.8 Å². The summed E-state index contributed by atoms with van der Waals surface area (Å²) in [6, 6.07) is 4.26. The average Bonchev–Trinajstić information content (AvgIpc) is 3.46. The third-order valence-electron chi connectivity index (χ3n) is 6.09. The predicted molar refractivity (Wildman–Crippen MR) is 103 cm³/mol. The number of pyridine rings is 1. The quantitative estimate of drug-likeness (QED) is 0.768. The van der Waals surface area contributed by atoms with Gasteiger partial charge in [0.05, 0.1) is 17.3 Å². The van der Waals surface area contributed by atoms with Gasteiger partial charge in [0.2, 0.25) is 5.91 Å². The van der Waals surface area contributed by atoms with Crippen LogP contribution in [-0.4, -0.2) is 34.1 Å². The molecular formula is C20H26N4OS. The third kappa shape index (κ3) is 2.83. The summed E-state index contributed by atoms with van der Waals surface area (Å²) in [5.41, 5.74) is 0.649. The van der Waals surface area contributed by atoms with E-state index in [0.717, 1.165) is 30.3 Å². The van der Waals surface area contributed by atoms with Gasteiger partial charge in [0.15, 0.2) is 0 Å². The van der Waals surface area contributed by atoms with Crippen molar-refractivity contribution in [2.45, 2.75) is 37.1 Å². The molecule has 1 aliphatic heterocycles. The van der Waals surface area contributed by atoms with Crippen LogP contribution in [0.5, 0.6) is 0 Å². The minimum absolute atomic E-state index is 0.183. The Morgan fingerprint density at radius 2 is 2.15 bits per heavy atom. The van der Waals surface area contributed by atoms with Gasteiger partial charge in [0.1, 0.15) is 5.82 Å². The Morgan fingerprint density at radius 3 is 2.88 bits per heavy atom. The number of nitrogens with one attached hydrogen (secondary N) is 2. The van der Waals surface area contributed by atoms with Gasteiger partial charge in [-0.15, -0.1) is 11.8 Å². The van der Waals surface area contributed by atoms with E-state index in [0.29, 0.717) is 11.8 Å². The van der Waals surface area contributed by atoms with Crippen LogP contribution in [-0.2, 0) is 10.3 Å². The molecule has 3 fully saturated rings. The van der Waals surface area contributed by atoms with Crippen molar-refractivity contribution in [3.05, 3.63) is 30.4 Å². The number of aromatic nitrogens is 2. The van der Waals surface area contributed by atoms with E-state index in [4.69, 9.17) is 4.98 Å². The Balaban J connectivity index is 1.36. The first-order chi connectivity index (χ1) is 12.5. The number of hydrogen-bond donors (Lipinski definition) is 2. The number of carbonyl (C=O) groups is 1. The number of nitrogens with zero attached hydrogens (tertiary/aromatic N) is 2. The molecule has 6 heteroatoms. The lowest BCUT2D eigenvalue weighted by Crippen LogP contribution is -2.44. The van der Waals surface area contributed by atoms with Crippen LogP contribution in [0.2, 0.25) is 0 Å². The normalized spacial score (nSPS) is 27.5. The molecule has 2 aliphatic carbocycles. The molecule has 5 nitrogen and oxygen atoms in total. The molecule has 0 spiro atoms. The molecule has 2 saturated carbocycles. The smallest absolute Gasteiger partial charge is 0.224 e. The van der Waals surface area contributed by atoms with E-state index in [2.05, 4.69) is 47.2 Å². The Hall–Kier alpha value is -1.53. The third-order valence-corrected chi connectivity index (χ3v) is 7.39. The zero-order valence-electron chi connectivity index (χ0n) is 15.4. The lowest BCUT2D eigenvalue weighted by Gasteiger charge is -2.26. The summed E-state index contributed by atoms with van der Waals surface area (Å²) >= 11 is 1.93. The monoisotopic (exact) mass is 370 g/mol. The number of imidazole rings is 1.